The van der Waals surface area contributed by atoms with Crippen molar-refractivity contribution in [3.63, 3.8) is 0 Å². The Morgan fingerprint density at radius 2 is 1.60 bits per heavy atom. The zero-order chi connectivity index (χ0) is 18.8. The van der Waals surface area contributed by atoms with Gasteiger partial charge in [-0.1, -0.05) is 0 Å². The van der Waals surface area contributed by atoms with E-state index in [4.69, 9.17) is 4.74 Å². The molecule has 6 heteroatoms. The maximum absolute atomic E-state index is 12.8. The minimum atomic E-state index is -0.219. The van der Waals surface area contributed by atoms with Gasteiger partial charge in [0.15, 0.2) is 0 Å². The van der Waals surface area contributed by atoms with Gasteiger partial charge in [0.05, 0.1) is 18.2 Å². The molecule has 2 saturated heterocycles. The molecule has 0 spiro atoms. The third-order valence-corrected chi connectivity index (χ3v) is 5.04. The predicted molar refractivity (Wildman–Crippen MR) is 98.2 cm³/mol. The Morgan fingerprint density at radius 1 is 1.08 bits per heavy atom. The molecule has 2 aliphatic heterocycles. The second kappa shape index (κ2) is 8.04. The molecule has 2 aliphatic rings. The van der Waals surface area contributed by atoms with Crippen LogP contribution in [0.1, 0.15) is 54.4 Å². The molecule has 25 heavy (non-hydrogen) atoms. The highest BCUT2D eigenvalue weighted by atomic mass is 16.5. The molecule has 0 aromatic carbocycles. The molecule has 0 aliphatic carbocycles. The average Bonchev–Trinajstić information content (AvgIpc) is 2.51. The summed E-state index contributed by atoms with van der Waals surface area (Å²) in [6.07, 6.45) is 1.86. The quantitative estimate of drug-likeness (QED) is 0.838. The third-order valence-electron chi connectivity index (χ3n) is 5.04. The standard InChI is InChI=1S/C19H35N3O3/c1-13-11-22(12-14(2)25-13)18(24)16-7-9-21(10-8-16)15(3)17(23)20-19(4,5)6/h13-16H,7-12H2,1-6H3,(H,20,23). The van der Waals surface area contributed by atoms with Gasteiger partial charge in [0.1, 0.15) is 0 Å². The Kier molecular flexibility index (Phi) is 6.49. The zero-order valence-electron chi connectivity index (χ0n) is 16.7. The first-order chi connectivity index (χ1) is 11.6. The number of hydrogen-bond donors (Lipinski definition) is 1. The van der Waals surface area contributed by atoms with Gasteiger partial charge >= 0.3 is 0 Å². The number of carbonyl (C=O) groups is 2. The van der Waals surface area contributed by atoms with Gasteiger partial charge in [-0.2, -0.15) is 0 Å². The molecule has 1 N–H and O–H groups in total. The van der Waals surface area contributed by atoms with E-state index < -0.39 is 0 Å². The van der Waals surface area contributed by atoms with Crippen LogP contribution in [0.4, 0.5) is 0 Å². The van der Waals surface area contributed by atoms with Crippen molar-refractivity contribution in [3.05, 3.63) is 0 Å². The van der Waals surface area contributed by atoms with Gasteiger partial charge in [-0.3, -0.25) is 14.5 Å². The van der Waals surface area contributed by atoms with Crippen molar-refractivity contribution < 1.29 is 14.3 Å². The minimum absolute atomic E-state index is 0.0631. The number of carbonyl (C=O) groups excluding carboxylic acids is 2. The Morgan fingerprint density at radius 3 is 2.08 bits per heavy atom. The van der Waals surface area contributed by atoms with Gasteiger partial charge in [-0.25, -0.2) is 0 Å². The van der Waals surface area contributed by atoms with Crippen LogP contribution in [-0.4, -0.2) is 71.6 Å². The molecule has 0 aromatic rings. The van der Waals surface area contributed by atoms with Crippen molar-refractivity contribution in [2.75, 3.05) is 26.2 Å². The van der Waals surface area contributed by atoms with Gasteiger partial charge in [0.2, 0.25) is 11.8 Å². The molecular weight excluding hydrogens is 318 g/mol. The number of likely N-dealkylation sites (tertiary alicyclic amines) is 1. The van der Waals surface area contributed by atoms with E-state index in [0.29, 0.717) is 13.1 Å². The van der Waals surface area contributed by atoms with E-state index in [1.54, 1.807) is 0 Å². The number of morpholine rings is 1. The van der Waals surface area contributed by atoms with Crippen molar-refractivity contribution in [3.8, 4) is 0 Å². The smallest absolute Gasteiger partial charge is 0.237 e. The monoisotopic (exact) mass is 353 g/mol. The molecule has 3 atom stereocenters. The molecule has 2 fully saturated rings. The van der Waals surface area contributed by atoms with E-state index >= 15 is 0 Å². The summed E-state index contributed by atoms with van der Waals surface area (Å²) in [6, 6.07) is -0.154. The maximum Gasteiger partial charge on any atom is 0.237 e. The van der Waals surface area contributed by atoms with E-state index in [9.17, 15) is 9.59 Å². The lowest BCUT2D eigenvalue weighted by molar-refractivity contribution is -0.149. The van der Waals surface area contributed by atoms with Crippen LogP contribution in [0.15, 0.2) is 0 Å². The molecular formula is C19H35N3O3. The van der Waals surface area contributed by atoms with E-state index in [1.165, 1.54) is 0 Å². The topological polar surface area (TPSA) is 61.9 Å². The second-order valence-electron chi connectivity index (χ2n) is 8.73. The second-order valence-corrected chi connectivity index (χ2v) is 8.73. The molecule has 2 amide bonds. The molecule has 144 valence electrons. The van der Waals surface area contributed by atoms with Crippen LogP contribution in [0, 0.1) is 5.92 Å². The SMILES string of the molecule is CC1CN(C(=O)C2CCN(C(C)C(=O)NC(C)(C)C)CC2)CC(C)O1. The van der Waals surface area contributed by atoms with Crippen molar-refractivity contribution >= 4 is 11.8 Å². The van der Waals surface area contributed by atoms with Crippen molar-refractivity contribution in [2.24, 2.45) is 5.92 Å². The largest absolute Gasteiger partial charge is 0.372 e. The van der Waals surface area contributed by atoms with Crippen molar-refractivity contribution in [2.45, 2.75) is 78.2 Å². The first-order valence-electron chi connectivity index (χ1n) is 9.57. The molecule has 0 radical (unpaired) electrons. The van der Waals surface area contributed by atoms with Crippen molar-refractivity contribution in [1.82, 2.24) is 15.1 Å². The van der Waals surface area contributed by atoms with E-state index in [2.05, 4.69) is 10.2 Å². The van der Waals surface area contributed by atoms with Crippen LogP contribution in [0.2, 0.25) is 0 Å². The highest BCUT2D eigenvalue weighted by Gasteiger charge is 2.34. The lowest BCUT2D eigenvalue weighted by Gasteiger charge is -2.40. The third kappa shape index (κ3) is 5.68. The van der Waals surface area contributed by atoms with Crippen LogP contribution in [-0.2, 0) is 14.3 Å². The highest BCUT2D eigenvalue weighted by Crippen LogP contribution is 2.23. The number of ether oxygens (including phenoxy) is 1. The fourth-order valence-electron chi connectivity index (χ4n) is 3.79. The molecule has 0 saturated carbocycles. The Hall–Kier alpha value is -1.14. The number of hydrogen-bond acceptors (Lipinski definition) is 4. The maximum atomic E-state index is 12.8. The predicted octanol–water partition coefficient (Wildman–Crippen LogP) is 1.64. The van der Waals surface area contributed by atoms with Gasteiger partial charge in [-0.15, -0.1) is 0 Å². The van der Waals surface area contributed by atoms with Gasteiger partial charge in [-0.05, 0) is 67.5 Å². The molecule has 2 heterocycles. The van der Waals surface area contributed by atoms with Crippen LogP contribution in [0.3, 0.4) is 0 Å². The summed E-state index contributed by atoms with van der Waals surface area (Å²) in [5.41, 5.74) is -0.219. The van der Waals surface area contributed by atoms with E-state index in [-0.39, 0.29) is 41.5 Å². The van der Waals surface area contributed by atoms with Crippen LogP contribution in [0.25, 0.3) is 0 Å². The number of nitrogens with one attached hydrogen (secondary N) is 1. The molecule has 0 aromatic heterocycles. The number of nitrogens with zero attached hydrogens (tertiary/aromatic N) is 2. The molecule has 6 nitrogen and oxygen atoms in total. The van der Waals surface area contributed by atoms with E-state index in [1.807, 2.05) is 46.4 Å². The molecule has 3 unspecified atom stereocenters. The molecule has 2 rings (SSSR count). The van der Waals surface area contributed by atoms with Gasteiger partial charge < -0.3 is 15.0 Å². The normalized spacial score (nSPS) is 27.8. The highest BCUT2D eigenvalue weighted by molar-refractivity contribution is 5.82. The summed E-state index contributed by atoms with van der Waals surface area (Å²) in [4.78, 5) is 29.3. The zero-order valence-corrected chi connectivity index (χ0v) is 16.7. The summed E-state index contributed by atoms with van der Waals surface area (Å²) >= 11 is 0. The first-order valence-corrected chi connectivity index (χ1v) is 9.57. The van der Waals surface area contributed by atoms with Crippen LogP contribution in [0.5, 0.6) is 0 Å². The average molecular weight is 354 g/mol. The fraction of sp³-hybridized carbons (Fsp3) is 0.895. The van der Waals surface area contributed by atoms with E-state index in [0.717, 1.165) is 25.9 Å². The minimum Gasteiger partial charge on any atom is -0.372 e. The van der Waals surface area contributed by atoms with Crippen LogP contribution >= 0.6 is 0 Å². The number of amides is 2. The molecule has 0 bridgehead atoms. The van der Waals surface area contributed by atoms with Gasteiger partial charge in [0, 0.05) is 24.5 Å². The summed E-state index contributed by atoms with van der Waals surface area (Å²) in [7, 11) is 0. The summed E-state index contributed by atoms with van der Waals surface area (Å²) in [5.74, 6) is 0.396. The summed E-state index contributed by atoms with van der Waals surface area (Å²) in [6.45, 7) is 14.9. The summed E-state index contributed by atoms with van der Waals surface area (Å²) in [5, 5.41) is 3.04. The van der Waals surface area contributed by atoms with Crippen molar-refractivity contribution in [1.29, 1.82) is 0 Å². The fourth-order valence-corrected chi connectivity index (χ4v) is 3.79. The van der Waals surface area contributed by atoms with Gasteiger partial charge in [0.25, 0.3) is 0 Å². The number of piperidine rings is 1. The Labute approximate surface area is 152 Å². The lowest BCUT2D eigenvalue weighted by atomic mass is 9.93. The lowest BCUT2D eigenvalue weighted by Crippen LogP contribution is -2.54. The number of rotatable bonds is 3. The Balaban J connectivity index is 1.84. The summed E-state index contributed by atoms with van der Waals surface area (Å²) < 4.78 is 5.72. The first kappa shape index (κ1) is 20.2. The van der Waals surface area contributed by atoms with Crippen LogP contribution < -0.4 is 5.32 Å². The Bertz CT molecular complexity index is 471.